The molecule has 1 N–H and O–H groups in total. The lowest BCUT2D eigenvalue weighted by atomic mass is 10.0. The predicted octanol–water partition coefficient (Wildman–Crippen LogP) is 3.05. The molecule has 0 amide bonds. The Bertz CT molecular complexity index is 1250. The summed E-state index contributed by atoms with van der Waals surface area (Å²) >= 11 is 0. The first kappa shape index (κ1) is 18.3. The normalized spacial score (nSPS) is 14.1. The summed E-state index contributed by atoms with van der Waals surface area (Å²) in [5.74, 6) is 0.981. The standard InChI is InChI=1S/C23H21N7/c1-16-13-17(6-7-26-16)22-20(14-24)23-19(3-2-10-30(23)28-22)18-4-5-21(27-15-18)29-11-8-25-9-12-29/h2-7,10,13,15,25H,8-9,11-12H2,1H3. The molecule has 0 bridgehead atoms. The molecule has 1 saturated heterocycles. The molecule has 0 spiro atoms. The highest BCUT2D eigenvalue weighted by molar-refractivity contribution is 5.89. The number of hydrogen-bond donors (Lipinski definition) is 1. The van der Waals surface area contributed by atoms with Gasteiger partial charge in [0, 0.05) is 67.2 Å². The van der Waals surface area contributed by atoms with E-state index >= 15 is 0 Å². The van der Waals surface area contributed by atoms with Crippen LogP contribution in [0.25, 0.3) is 27.9 Å². The van der Waals surface area contributed by atoms with E-state index in [1.165, 1.54) is 0 Å². The van der Waals surface area contributed by atoms with Gasteiger partial charge in [-0.3, -0.25) is 4.98 Å². The minimum atomic E-state index is 0.558. The Morgan fingerprint density at radius 1 is 1.07 bits per heavy atom. The van der Waals surface area contributed by atoms with Gasteiger partial charge in [0.15, 0.2) is 0 Å². The van der Waals surface area contributed by atoms with Gasteiger partial charge in [-0.2, -0.15) is 10.4 Å². The van der Waals surface area contributed by atoms with E-state index in [4.69, 9.17) is 10.1 Å². The number of fused-ring (bicyclic) bond motifs is 1. The molecule has 1 fully saturated rings. The Morgan fingerprint density at radius 3 is 2.67 bits per heavy atom. The topological polar surface area (TPSA) is 82.1 Å². The molecule has 148 valence electrons. The fourth-order valence-corrected chi connectivity index (χ4v) is 3.96. The molecule has 0 saturated carbocycles. The SMILES string of the molecule is Cc1cc(-c2nn3cccc(-c4ccc(N5CCNCC5)nc4)c3c2C#N)ccn1. The number of rotatable bonds is 3. The van der Waals surface area contributed by atoms with Crippen LogP contribution in [-0.4, -0.2) is 45.8 Å². The molecule has 0 radical (unpaired) electrons. The number of nitrogens with zero attached hydrogens (tertiary/aromatic N) is 6. The molecule has 0 atom stereocenters. The van der Waals surface area contributed by atoms with Crippen LogP contribution >= 0.6 is 0 Å². The van der Waals surface area contributed by atoms with E-state index in [1.807, 2.05) is 43.6 Å². The van der Waals surface area contributed by atoms with Crippen molar-refractivity contribution >= 4 is 11.3 Å². The van der Waals surface area contributed by atoms with Crippen molar-refractivity contribution in [2.24, 2.45) is 0 Å². The van der Waals surface area contributed by atoms with Gasteiger partial charge in [0.25, 0.3) is 0 Å². The molecule has 5 heterocycles. The molecule has 5 rings (SSSR count). The molecule has 1 aliphatic rings. The van der Waals surface area contributed by atoms with Crippen LogP contribution in [0.4, 0.5) is 5.82 Å². The zero-order valence-corrected chi connectivity index (χ0v) is 16.7. The van der Waals surface area contributed by atoms with Crippen molar-refractivity contribution in [2.45, 2.75) is 6.92 Å². The van der Waals surface area contributed by atoms with Gasteiger partial charge in [0.2, 0.25) is 0 Å². The second-order valence-electron chi connectivity index (χ2n) is 7.38. The smallest absolute Gasteiger partial charge is 0.128 e. The van der Waals surface area contributed by atoms with E-state index in [2.05, 4.69) is 33.4 Å². The van der Waals surface area contributed by atoms with Crippen molar-refractivity contribution < 1.29 is 0 Å². The van der Waals surface area contributed by atoms with E-state index in [9.17, 15) is 5.26 Å². The lowest BCUT2D eigenvalue weighted by molar-refractivity contribution is 0.585. The first-order chi connectivity index (χ1) is 14.7. The van der Waals surface area contributed by atoms with Gasteiger partial charge >= 0.3 is 0 Å². The summed E-state index contributed by atoms with van der Waals surface area (Å²) in [6, 6.07) is 14.3. The van der Waals surface area contributed by atoms with Gasteiger partial charge < -0.3 is 10.2 Å². The molecular weight excluding hydrogens is 374 g/mol. The van der Waals surface area contributed by atoms with Gasteiger partial charge in [0.1, 0.15) is 23.1 Å². The number of nitrogens with one attached hydrogen (secondary N) is 1. The maximum atomic E-state index is 9.97. The largest absolute Gasteiger partial charge is 0.354 e. The van der Waals surface area contributed by atoms with Gasteiger partial charge in [-0.25, -0.2) is 9.50 Å². The Morgan fingerprint density at radius 2 is 1.93 bits per heavy atom. The van der Waals surface area contributed by atoms with Crippen LogP contribution in [0.2, 0.25) is 0 Å². The molecule has 4 aromatic rings. The third-order valence-electron chi connectivity index (χ3n) is 5.44. The van der Waals surface area contributed by atoms with Crippen LogP contribution < -0.4 is 10.2 Å². The quantitative estimate of drug-likeness (QED) is 0.574. The van der Waals surface area contributed by atoms with Crippen LogP contribution in [-0.2, 0) is 0 Å². The van der Waals surface area contributed by atoms with E-state index in [0.717, 1.165) is 59.9 Å². The summed E-state index contributed by atoms with van der Waals surface area (Å²) in [5, 5.41) is 18.0. The lowest BCUT2D eigenvalue weighted by Crippen LogP contribution is -2.43. The third kappa shape index (κ3) is 3.17. The highest BCUT2D eigenvalue weighted by Crippen LogP contribution is 2.32. The predicted molar refractivity (Wildman–Crippen MR) is 116 cm³/mol. The van der Waals surface area contributed by atoms with Crippen LogP contribution in [0.15, 0.2) is 55.0 Å². The average molecular weight is 395 g/mol. The summed E-state index contributed by atoms with van der Waals surface area (Å²) in [4.78, 5) is 11.2. The van der Waals surface area contributed by atoms with Crippen LogP contribution in [0.3, 0.4) is 0 Å². The highest BCUT2D eigenvalue weighted by atomic mass is 15.2. The Balaban J connectivity index is 1.61. The van der Waals surface area contributed by atoms with Crippen molar-refractivity contribution in [3.05, 3.63) is 66.2 Å². The fraction of sp³-hybridized carbons (Fsp3) is 0.217. The molecule has 1 aliphatic heterocycles. The molecule has 0 aromatic carbocycles. The van der Waals surface area contributed by atoms with E-state index < -0.39 is 0 Å². The summed E-state index contributed by atoms with van der Waals surface area (Å²) in [5.41, 5.74) is 5.71. The highest BCUT2D eigenvalue weighted by Gasteiger charge is 2.19. The summed E-state index contributed by atoms with van der Waals surface area (Å²) in [6.07, 6.45) is 5.51. The van der Waals surface area contributed by atoms with E-state index in [-0.39, 0.29) is 0 Å². The van der Waals surface area contributed by atoms with Crippen molar-refractivity contribution in [2.75, 3.05) is 31.1 Å². The van der Waals surface area contributed by atoms with Gasteiger partial charge in [-0.15, -0.1) is 0 Å². The van der Waals surface area contributed by atoms with Crippen LogP contribution in [0.1, 0.15) is 11.3 Å². The number of aryl methyl sites for hydroxylation is 1. The average Bonchev–Trinajstić information content (AvgIpc) is 3.19. The maximum Gasteiger partial charge on any atom is 0.128 e. The first-order valence-electron chi connectivity index (χ1n) is 10.0. The van der Waals surface area contributed by atoms with Crippen LogP contribution in [0, 0.1) is 18.3 Å². The number of aromatic nitrogens is 4. The molecule has 30 heavy (non-hydrogen) atoms. The summed E-state index contributed by atoms with van der Waals surface area (Å²) in [6.45, 7) is 5.79. The van der Waals surface area contributed by atoms with Crippen LogP contribution in [0.5, 0.6) is 0 Å². The number of anilines is 1. The fourth-order valence-electron chi connectivity index (χ4n) is 3.96. The number of nitriles is 1. The zero-order valence-electron chi connectivity index (χ0n) is 16.7. The molecule has 7 heteroatoms. The van der Waals surface area contributed by atoms with Gasteiger partial charge in [-0.05, 0) is 37.3 Å². The van der Waals surface area contributed by atoms with E-state index in [1.54, 1.807) is 10.7 Å². The third-order valence-corrected chi connectivity index (χ3v) is 5.44. The number of piperazine rings is 1. The lowest BCUT2D eigenvalue weighted by Gasteiger charge is -2.28. The zero-order chi connectivity index (χ0) is 20.5. The Hall–Kier alpha value is -3.76. The van der Waals surface area contributed by atoms with Gasteiger partial charge in [-0.1, -0.05) is 6.07 Å². The minimum absolute atomic E-state index is 0.558. The molecule has 7 nitrogen and oxygen atoms in total. The molecule has 4 aromatic heterocycles. The second-order valence-corrected chi connectivity index (χ2v) is 7.38. The molecule has 0 aliphatic carbocycles. The van der Waals surface area contributed by atoms with Gasteiger partial charge in [0.05, 0.1) is 5.52 Å². The number of hydrogen-bond acceptors (Lipinski definition) is 6. The monoisotopic (exact) mass is 395 g/mol. The van der Waals surface area contributed by atoms with E-state index in [0.29, 0.717) is 11.3 Å². The molecule has 0 unspecified atom stereocenters. The first-order valence-corrected chi connectivity index (χ1v) is 10.0. The van der Waals surface area contributed by atoms with Crippen molar-refractivity contribution in [3.63, 3.8) is 0 Å². The molecular formula is C23H21N7. The van der Waals surface area contributed by atoms with Crippen molar-refractivity contribution in [3.8, 4) is 28.5 Å². The Labute approximate surface area is 174 Å². The second kappa shape index (κ2) is 7.58. The maximum absolute atomic E-state index is 9.97. The number of pyridine rings is 3. The summed E-state index contributed by atoms with van der Waals surface area (Å²) < 4.78 is 1.78. The van der Waals surface area contributed by atoms with Crippen molar-refractivity contribution in [1.29, 1.82) is 5.26 Å². The Kier molecular flexibility index (Phi) is 4.62. The minimum Gasteiger partial charge on any atom is -0.354 e. The summed E-state index contributed by atoms with van der Waals surface area (Å²) in [7, 11) is 0. The van der Waals surface area contributed by atoms with Crippen molar-refractivity contribution in [1.82, 2.24) is 24.9 Å².